The average Bonchev–Trinajstić information content (AvgIpc) is 2.61. The van der Waals surface area contributed by atoms with Gasteiger partial charge in [0.2, 0.25) is 5.91 Å². The van der Waals surface area contributed by atoms with Crippen LogP contribution in [0.1, 0.15) is 0 Å². The number of hydrogen-bond acceptors (Lipinski definition) is 6. The quantitative estimate of drug-likeness (QED) is 0.630. The Morgan fingerprint density at radius 3 is 2.30 bits per heavy atom. The summed E-state index contributed by atoms with van der Waals surface area (Å²) in [6, 6.07) is 9.18. The van der Waals surface area contributed by atoms with Crippen LogP contribution < -0.4 is 19.5 Å². The van der Waals surface area contributed by atoms with Gasteiger partial charge in [0.15, 0.2) is 11.5 Å². The van der Waals surface area contributed by atoms with Gasteiger partial charge in [0.1, 0.15) is 11.5 Å². The molecule has 0 aliphatic rings. The molecule has 8 nitrogen and oxygen atoms in total. The molecule has 0 aliphatic heterocycles. The lowest BCUT2D eigenvalue weighted by molar-refractivity contribution is -0.119. The van der Waals surface area contributed by atoms with Crippen molar-refractivity contribution in [1.29, 1.82) is 0 Å². The zero-order valence-electron chi connectivity index (χ0n) is 14.9. The summed E-state index contributed by atoms with van der Waals surface area (Å²) in [5.41, 5.74) is 0.718. The van der Waals surface area contributed by atoms with Crippen molar-refractivity contribution in [2.45, 2.75) is 4.90 Å². The highest BCUT2D eigenvalue weighted by Crippen LogP contribution is 2.36. The number of benzene rings is 2. The molecule has 2 aromatic rings. The van der Waals surface area contributed by atoms with Crippen LogP contribution in [0.4, 0.5) is 11.4 Å². The maximum atomic E-state index is 12.8. The number of carbonyl (C=O) groups excluding carboxylic acids is 1. The van der Waals surface area contributed by atoms with E-state index in [1.54, 1.807) is 18.2 Å². The smallest absolute Gasteiger partial charge is 0.263 e. The fraction of sp³-hybridized carbons (Fsp3) is 0.235. The Balaban J connectivity index is 2.30. The minimum Gasteiger partial charge on any atom is -0.493 e. The van der Waals surface area contributed by atoms with Crippen molar-refractivity contribution in [1.82, 2.24) is 0 Å². The van der Waals surface area contributed by atoms with Crippen molar-refractivity contribution in [2.24, 2.45) is 0 Å². The van der Waals surface area contributed by atoms with Crippen molar-refractivity contribution >= 4 is 43.2 Å². The number of sulfonamides is 1. The molecule has 0 fully saturated rings. The zero-order valence-corrected chi connectivity index (χ0v) is 17.3. The first-order valence-corrected chi connectivity index (χ1v) is 9.91. The highest BCUT2D eigenvalue weighted by atomic mass is 79.9. The maximum Gasteiger partial charge on any atom is 0.263 e. The van der Waals surface area contributed by atoms with Crippen LogP contribution in [0.2, 0.25) is 0 Å². The van der Waals surface area contributed by atoms with E-state index < -0.39 is 10.0 Å². The van der Waals surface area contributed by atoms with Crippen molar-refractivity contribution in [3.05, 3.63) is 40.9 Å². The Morgan fingerprint density at radius 2 is 1.67 bits per heavy atom. The second kappa shape index (κ2) is 9.07. The van der Waals surface area contributed by atoms with E-state index >= 15 is 0 Å². The van der Waals surface area contributed by atoms with Crippen LogP contribution >= 0.6 is 15.9 Å². The van der Waals surface area contributed by atoms with Crippen LogP contribution in [0.5, 0.6) is 11.5 Å². The fourth-order valence-electron chi connectivity index (χ4n) is 2.24. The van der Waals surface area contributed by atoms with E-state index in [9.17, 15) is 13.2 Å². The van der Waals surface area contributed by atoms with Crippen molar-refractivity contribution in [3.8, 4) is 11.5 Å². The molecule has 2 aromatic carbocycles. The summed E-state index contributed by atoms with van der Waals surface area (Å²) in [7, 11) is 0.358. The Labute approximate surface area is 166 Å². The summed E-state index contributed by atoms with van der Waals surface area (Å²) in [5, 5.41) is 2.61. The number of anilines is 2. The first-order chi connectivity index (χ1) is 12.8. The molecular weight excluding hydrogens is 440 g/mol. The van der Waals surface area contributed by atoms with E-state index in [0.29, 0.717) is 15.9 Å². The van der Waals surface area contributed by atoms with Gasteiger partial charge in [0, 0.05) is 23.3 Å². The lowest BCUT2D eigenvalue weighted by Gasteiger charge is -2.14. The average molecular weight is 459 g/mol. The predicted molar refractivity (Wildman–Crippen MR) is 105 cm³/mol. The first-order valence-electron chi connectivity index (χ1n) is 7.64. The van der Waals surface area contributed by atoms with E-state index in [2.05, 4.69) is 26.0 Å². The summed E-state index contributed by atoms with van der Waals surface area (Å²) in [4.78, 5) is 11.6. The van der Waals surface area contributed by atoms with E-state index in [0.717, 1.165) is 0 Å². The van der Waals surface area contributed by atoms with Crippen LogP contribution in [0, 0.1) is 0 Å². The minimum atomic E-state index is -3.93. The van der Waals surface area contributed by atoms with Crippen LogP contribution in [-0.2, 0) is 19.6 Å². The fourth-order valence-corrected chi connectivity index (χ4v) is 4.33. The third kappa shape index (κ3) is 5.34. The standard InChI is InChI=1S/C17H19BrN2O6S/c1-24-10-17(21)19-11-5-4-6-12(7-11)20-27(22,23)16-9-15(26-3)14(25-2)8-13(16)18/h4-9,20H,10H2,1-3H3,(H,19,21). The molecule has 0 spiro atoms. The van der Waals surface area contributed by atoms with Gasteiger partial charge in [-0.1, -0.05) is 6.07 Å². The molecule has 0 heterocycles. The molecule has 1 amide bonds. The molecule has 0 saturated heterocycles. The zero-order chi connectivity index (χ0) is 20.0. The molecule has 0 bridgehead atoms. The van der Waals surface area contributed by atoms with E-state index in [1.807, 2.05) is 0 Å². The molecule has 2 N–H and O–H groups in total. The third-order valence-corrected chi connectivity index (χ3v) is 5.74. The Kier molecular flexibility index (Phi) is 7.05. The van der Waals surface area contributed by atoms with Gasteiger partial charge in [-0.25, -0.2) is 8.42 Å². The number of rotatable bonds is 8. The Morgan fingerprint density at radius 1 is 1.04 bits per heavy atom. The number of ether oxygens (including phenoxy) is 3. The van der Waals surface area contributed by atoms with Crippen molar-refractivity contribution in [2.75, 3.05) is 38.0 Å². The second-order valence-electron chi connectivity index (χ2n) is 5.31. The molecule has 0 radical (unpaired) electrons. The van der Waals surface area contributed by atoms with Gasteiger partial charge in [-0.3, -0.25) is 9.52 Å². The van der Waals surface area contributed by atoms with Gasteiger partial charge >= 0.3 is 0 Å². The summed E-state index contributed by atoms with van der Waals surface area (Å²) in [5.74, 6) is 0.327. The summed E-state index contributed by atoms with van der Waals surface area (Å²) >= 11 is 3.24. The number of hydrogen-bond donors (Lipinski definition) is 2. The second-order valence-corrected chi connectivity index (χ2v) is 7.81. The molecule has 0 unspecified atom stereocenters. The topological polar surface area (TPSA) is 103 Å². The lowest BCUT2D eigenvalue weighted by Crippen LogP contribution is -2.17. The number of halogens is 1. The summed E-state index contributed by atoms with van der Waals surface area (Å²) in [6.45, 7) is -0.103. The Bertz CT molecular complexity index is 933. The van der Waals surface area contributed by atoms with Gasteiger partial charge in [-0.15, -0.1) is 0 Å². The van der Waals surface area contributed by atoms with E-state index in [4.69, 9.17) is 14.2 Å². The number of methoxy groups -OCH3 is 3. The molecule has 0 aliphatic carbocycles. The monoisotopic (exact) mass is 458 g/mol. The summed E-state index contributed by atoms with van der Waals surface area (Å²) in [6.07, 6.45) is 0. The molecular formula is C17H19BrN2O6S. The predicted octanol–water partition coefficient (Wildman–Crippen LogP) is 2.85. The minimum absolute atomic E-state index is 0.0195. The van der Waals surface area contributed by atoms with E-state index in [1.165, 1.54) is 39.5 Å². The highest BCUT2D eigenvalue weighted by molar-refractivity contribution is 9.10. The largest absolute Gasteiger partial charge is 0.493 e. The normalized spacial score (nSPS) is 11.0. The maximum absolute atomic E-state index is 12.8. The van der Waals surface area contributed by atoms with Crippen LogP contribution in [-0.4, -0.2) is 42.3 Å². The number of carbonyl (C=O) groups is 1. The highest BCUT2D eigenvalue weighted by Gasteiger charge is 2.21. The van der Waals surface area contributed by atoms with Gasteiger partial charge in [0.05, 0.1) is 19.9 Å². The van der Waals surface area contributed by atoms with Crippen molar-refractivity contribution < 1.29 is 27.4 Å². The van der Waals surface area contributed by atoms with Gasteiger partial charge in [-0.2, -0.15) is 0 Å². The summed E-state index contributed by atoms with van der Waals surface area (Å²) < 4.78 is 43.4. The SMILES string of the molecule is COCC(=O)Nc1cccc(NS(=O)(=O)c2cc(OC)c(OC)cc2Br)c1. The van der Waals surface area contributed by atoms with Crippen LogP contribution in [0.15, 0.2) is 45.8 Å². The lowest BCUT2D eigenvalue weighted by atomic mass is 10.3. The van der Waals surface area contributed by atoms with Crippen LogP contribution in [0.25, 0.3) is 0 Å². The molecule has 0 atom stereocenters. The van der Waals surface area contributed by atoms with E-state index in [-0.39, 0.29) is 28.8 Å². The molecule has 2 rings (SSSR count). The van der Waals surface area contributed by atoms with Gasteiger partial charge in [0.25, 0.3) is 10.0 Å². The molecule has 27 heavy (non-hydrogen) atoms. The Hall–Kier alpha value is -2.30. The number of amides is 1. The molecule has 10 heteroatoms. The third-order valence-electron chi connectivity index (χ3n) is 3.40. The number of nitrogens with one attached hydrogen (secondary N) is 2. The molecule has 0 saturated carbocycles. The first kappa shape index (κ1) is 21.0. The molecule has 146 valence electrons. The van der Waals surface area contributed by atoms with Gasteiger partial charge in [-0.05, 0) is 40.2 Å². The van der Waals surface area contributed by atoms with Gasteiger partial charge < -0.3 is 19.5 Å². The molecule has 0 aromatic heterocycles. The van der Waals surface area contributed by atoms with Crippen molar-refractivity contribution in [3.63, 3.8) is 0 Å². The van der Waals surface area contributed by atoms with Crippen LogP contribution in [0.3, 0.4) is 0 Å².